The van der Waals surface area contributed by atoms with E-state index in [0.717, 1.165) is 5.39 Å². The van der Waals surface area contributed by atoms with E-state index >= 15 is 0 Å². The summed E-state index contributed by atoms with van der Waals surface area (Å²) in [6, 6.07) is 7.47. The number of carbonyl (C=O) groups is 1. The molecule has 1 aromatic heterocycles. The van der Waals surface area contributed by atoms with Gasteiger partial charge in [-0.25, -0.2) is 4.79 Å². The molecule has 0 bridgehead atoms. The lowest BCUT2D eigenvalue weighted by Crippen LogP contribution is -2.22. The van der Waals surface area contributed by atoms with Crippen LogP contribution in [-0.2, 0) is 11.3 Å². The maximum Gasteiger partial charge on any atom is 0.407 e. The van der Waals surface area contributed by atoms with Gasteiger partial charge in [0.05, 0.1) is 13.7 Å². The van der Waals surface area contributed by atoms with Crippen molar-refractivity contribution in [3.63, 3.8) is 0 Å². The molecule has 2 aromatic rings. The van der Waals surface area contributed by atoms with Crippen LogP contribution >= 0.6 is 0 Å². The molecular formula is C10H10N2O3. The van der Waals surface area contributed by atoms with E-state index in [9.17, 15) is 4.79 Å². The third-order valence-corrected chi connectivity index (χ3v) is 2.04. The summed E-state index contributed by atoms with van der Waals surface area (Å²) in [6.07, 6.45) is -0.484. The van der Waals surface area contributed by atoms with E-state index in [1.165, 1.54) is 7.11 Å². The normalized spacial score (nSPS) is 10.2. The van der Waals surface area contributed by atoms with Gasteiger partial charge in [-0.2, -0.15) is 0 Å². The number of alkyl carbamates (subject to hydrolysis) is 1. The molecule has 0 spiro atoms. The first kappa shape index (κ1) is 9.51. The highest BCUT2D eigenvalue weighted by atomic mass is 16.5. The number of amides is 1. The van der Waals surface area contributed by atoms with Crippen LogP contribution in [0.15, 0.2) is 28.8 Å². The van der Waals surface area contributed by atoms with Crippen LogP contribution < -0.4 is 5.32 Å². The number of aromatic nitrogens is 1. The van der Waals surface area contributed by atoms with Gasteiger partial charge < -0.3 is 14.6 Å². The van der Waals surface area contributed by atoms with E-state index < -0.39 is 6.09 Å². The van der Waals surface area contributed by atoms with Crippen molar-refractivity contribution < 1.29 is 14.1 Å². The topological polar surface area (TPSA) is 64.4 Å². The Hall–Kier alpha value is -2.04. The molecule has 2 rings (SSSR count). The fraction of sp³-hybridized carbons (Fsp3) is 0.200. The van der Waals surface area contributed by atoms with E-state index in [1.807, 2.05) is 24.3 Å². The van der Waals surface area contributed by atoms with Gasteiger partial charge in [0.1, 0.15) is 5.69 Å². The highest BCUT2D eigenvalue weighted by molar-refractivity contribution is 5.79. The largest absolute Gasteiger partial charge is 0.453 e. The summed E-state index contributed by atoms with van der Waals surface area (Å²) in [5.41, 5.74) is 1.40. The zero-order valence-corrected chi connectivity index (χ0v) is 8.19. The minimum atomic E-state index is -0.484. The summed E-state index contributed by atoms with van der Waals surface area (Å²) >= 11 is 0. The van der Waals surface area contributed by atoms with E-state index in [2.05, 4.69) is 15.2 Å². The van der Waals surface area contributed by atoms with Crippen LogP contribution in [0, 0.1) is 0 Å². The SMILES string of the molecule is COC(=O)NCc1noc2ccccc12. The lowest BCUT2D eigenvalue weighted by molar-refractivity contribution is 0.170. The summed E-state index contributed by atoms with van der Waals surface area (Å²) in [5, 5.41) is 7.30. The number of rotatable bonds is 2. The van der Waals surface area contributed by atoms with Gasteiger partial charge in [0.25, 0.3) is 0 Å². The van der Waals surface area contributed by atoms with Crippen molar-refractivity contribution in [2.24, 2.45) is 0 Å². The van der Waals surface area contributed by atoms with Gasteiger partial charge in [0, 0.05) is 5.39 Å². The number of nitrogens with one attached hydrogen (secondary N) is 1. The maximum atomic E-state index is 10.9. The molecule has 1 N–H and O–H groups in total. The van der Waals surface area contributed by atoms with Crippen molar-refractivity contribution in [3.05, 3.63) is 30.0 Å². The highest BCUT2D eigenvalue weighted by Gasteiger charge is 2.08. The second-order valence-electron chi connectivity index (χ2n) is 2.97. The van der Waals surface area contributed by atoms with Crippen LogP contribution in [0.1, 0.15) is 5.69 Å². The summed E-state index contributed by atoms with van der Waals surface area (Å²) in [4.78, 5) is 10.9. The molecule has 0 fully saturated rings. The lowest BCUT2D eigenvalue weighted by Gasteiger charge is -1.99. The van der Waals surface area contributed by atoms with Gasteiger partial charge in [-0.3, -0.25) is 0 Å². The molecule has 1 amide bonds. The van der Waals surface area contributed by atoms with Crippen molar-refractivity contribution in [2.45, 2.75) is 6.54 Å². The Bertz CT molecular complexity index is 478. The van der Waals surface area contributed by atoms with Gasteiger partial charge in [-0.15, -0.1) is 0 Å². The van der Waals surface area contributed by atoms with Crippen molar-refractivity contribution >= 4 is 17.1 Å². The molecule has 5 nitrogen and oxygen atoms in total. The summed E-state index contributed by atoms with van der Waals surface area (Å²) in [7, 11) is 1.32. The number of methoxy groups -OCH3 is 1. The Labute approximate surface area is 86.0 Å². The molecule has 0 aliphatic rings. The van der Waals surface area contributed by atoms with E-state index in [4.69, 9.17) is 4.52 Å². The third-order valence-electron chi connectivity index (χ3n) is 2.04. The Balaban J connectivity index is 2.18. The lowest BCUT2D eigenvalue weighted by atomic mass is 10.2. The summed E-state index contributed by atoms with van der Waals surface area (Å²) < 4.78 is 9.52. The monoisotopic (exact) mass is 206 g/mol. The zero-order chi connectivity index (χ0) is 10.7. The van der Waals surface area contributed by atoms with Crippen LogP contribution in [0.4, 0.5) is 4.79 Å². The first-order valence-corrected chi connectivity index (χ1v) is 4.46. The van der Waals surface area contributed by atoms with Gasteiger partial charge in [-0.05, 0) is 12.1 Å². The molecule has 5 heteroatoms. The Morgan fingerprint density at radius 1 is 1.53 bits per heavy atom. The van der Waals surface area contributed by atoms with Crippen molar-refractivity contribution in [2.75, 3.05) is 7.11 Å². The second-order valence-corrected chi connectivity index (χ2v) is 2.97. The fourth-order valence-corrected chi connectivity index (χ4v) is 1.29. The quantitative estimate of drug-likeness (QED) is 0.811. The fourth-order valence-electron chi connectivity index (χ4n) is 1.29. The van der Waals surface area contributed by atoms with Gasteiger partial charge >= 0.3 is 6.09 Å². The second kappa shape index (κ2) is 4.00. The van der Waals surface area contributed by atoms with Gasteiger partial charge in [-0.1, -0.05) is 17.3 Å². The number of hydrogen-bond donors (Lipinski definition) is 1. The predicted octanol–water partition coefficient (Wildman–Crippen LogP) is 1.68. The Kier molecular flexibility index (Phi) is 2.53. The molecule has 0 aliphatic carbocycles. The van der Waals surface area contributed by atoms with Crippen molar-refractivity contribution in [1.29, 1.82) is 0 Å². The van der Waals surface area contributed by atoms with Gasteiger partial charge in [0.15, 0.2) is 5.58 Å². The number of benzene rings is 1. The van der Waals surface area contributed by atoms with Crippen LogP contribution in [0.25, 0.3) is 11.0 Å². The van der Waals surface area contributed by atoms with Crippen molar-refractivity contribution in [3.8, 4) is 0 Å². The molecule has 0 saturated heterocycles. The molecule has 0 saturated carbocycles. The minimum absolute atomic E-state index is 0.295. The molecule has 15 heavy (non-hydrogen) atoms. The molecule has 0 unspecified atom stereocenters. The zero-order valence-electron chi connectivity index (χ0n) is 8.19. The molecule has 0 radical (unpaired) electrons. The number of ether oxygens (including phenoxy) is 1. The Morgan fingerprint density at radius 2 is 2.33 bits per heavy atom. The molecule has 0 atom stereocenters. The third kappa shape index (κ3) is 1.90. The first-order chi connectivity index (χ1) is 7.31. The van der Waals surface area contributed by atoms with E-state index in [0.29, 0.717) is 17.8 Å². The van der Waals surface area contributed by atoms with Crippen LogP contribution in [0.3, 0.4) is 0 Å². The average Bonchev–Trinajstić information content (AvgIpc) is 2.69. The molecule has 0 aliphatic heterocycles. The van der Waals surface area contributed by atoms with Crippen LogP contribution in [-0.4, -0.2) is 18.4 Å². The molecule has 1 aromatic carbocycles. The minimum Gasteiger partial charge on any atom is -0.453 e. The molecule has 78 valence electrons. The smallest absolute Gasteiger partial charge is 0.407 e. The number of para-hydroxylation sites is 1. The van der Waals surface area contributed by atoms with Crippen LogP contribution in [0.5, 0.6) is 0 Å². The number of fused-ring (bicyclic) bond motifs is 1. The number of carbonyl (C=O) groups excluding carboxylic acids is 1. The summed E-state index contributed by atoms with van der Waals surface area (Å²) in [6.45, 7) is 0.295. The van der Waals surface area contributed by atoms with Gasteiger partial charge in [0.2, 0.25) is 0 Å². The number of hydrogen-bond acceptors (Lipinski definition) is 4. The predicted molar refractivity (Wildman–Crippen MR) is 53.3 cm³/mol. The molecule has 1 heterocycles. The highest BCUT2D eigenvalue weighted by Crippen LogP contribution is 2.17. The standard InChI is InChI=1S/C10H10N2O3/c1-14-10(13)11-6-8-7-4-2-3-5-9(7)15-12-8/h2-5H,6H2,1H3,(H,11,13). The average molecular weight is 206 g/mol. The van der Waals surface area contributed by atoms with E-state index in [1.54, 1.807) is 0 Å². The first-order valence-electron chi connectivity index (χ1n) is 4.46. The Morgan fingerprint density at radius 3 is 3.13 bits per heavy atom. The van der Waals surface area contributed by atoms with Crippen LogP contribution in [0.2, 0.25) is 0 Å². The van der Waals surface area contributed by atoms with E-state index in [-0.39, 0.29) is 0 Å². The molecular weight excluding hydrogens is 196 g/mol. The number of nitrogens with zero attached hydrogens (tertiary/aromatic N) is 1. The maximum absolute atomic E-state index is 10.9. The summed E-state index contributed by atoms with van der Waals surface area (Å²) in [5.74, 6) is 0. The van der Waals surface area contributed by atoms with Crippen molar-refractivity contribution in [1.82, 2.24) is 10.5 Å².